The van der Waals surface area contributed by atoms with E-state index in [-0.39, 0.29) is 18.7 Å². The highest BCUT2D eigenvalue weighted by molar-refractivity contribution is 6.01. The van der Waals surface area contributed by atoms with Gasteiger partial charge in [-0.2, -0.15) is 0 Å². The Morgan fingerprint density at radius 2 is 1.79 bits per heavy atom. The first-order chi connectivity index (χ1) is 13.6. The summed E-state index contributed by atoms with van der Waals surface area (Å²) in [5, 5.41) is 5.51. The molecule has 0 spiro atoms. The minimum Gasteiger partial charge on any atom is -0.448 e. The Labute approximate surface area is 158 Å². The molecule has 4 aromatic rings. The van der Waals surface area contributed by atoms with Gasteiger partial charge < -0.3 is 9.73 Å². The molecule has 0 aliphatic carbocycles. The van der Waals surface area contributed by atoms with Crippen LogP contribution in [0.25, 0.3) is 22.1 Å². The molecule has 2 aromatic heterocycles. The minimum atomic E-state index is -0.639. The van der Waals surface area contributed by atoms with Gasteiger partial charge in [0.25, 0.3) is 5.56 Å². The van der Waals surface area contributed by atoms with Crippen molar-refractivity contribution in [3.8, 4) is 0 Å². The molecule has 8 heteroatoms. The lowest BCUT2D eigenvalue weighted by Crippen LogP contribution is -2.41. The van der Waals surface area contributed by atoms with E-state index >= 15 is 0 Å². The molecule has 140 valence electrons. The van der Waals surface area contributed by atoms with Gasteiger partial charge in [-0.25, -0.2) is 9.78 Å². The highest BCUT2D eigenvalue weighted by Gasteiger charge is 2.15. The van der Waals surface area contributed by atoms with Crippen LogP contribution in [0.1, 0.15) is 5.56 Å². The predicted molar refractivity (Wildman–Crippen MR) is 103 cm³/mol. The first kappa shape index (κ1) is 17.5. The number of carbonyl (C=O) groups excluding carboxylic acids is 2. The van der Waals surface area contributed by atoms with Crippen LogP contribution in [0.4, 0.5) is 4.79 Å². The van der Waals surface area contributed by atoms with Crippen LogP contribution >= 0.6 is 0 Å². The molecule has 3 amide bonds. The molecule has 8 nitrogen and oxygen atoms in total. The molecule has 2 N–H and O–H groups in total. The number of furan rings is 1. The third-order valence-electron chi connectivity index (χ3n) is 4.21. The van der Waals surface area contributed by atoms with Crippen LogP contribution in [-0.4, -0.2) is 21.5 Å². The van der Waals surface area contributed by atoms with E-state index in [1.807, 2.05) is 42.5 Å². The van der Waals surface area contributed by atoms with Gasteiger partial charge in [-0.3, -0.25) is 19.5 Å². The normalized spacial score (nSPS) is 10.9. The van der Waals surface area contributed by atoms with Gasteiger partial charge in [0.15, 0.2) is 0 Å². The van der Waals surface area contributed by atoms with Crippen molar-refractivity contribution in [3.05, 3.63) is 76.8 Å². The van der Waals surface area contributed by atoms with Crippen molar-refractivity contribution in [2.45, 2.75) is 13.1 Å². The van der Waals surface area contributed by atoms with Gasteiger partial charge in [-0.05, 0) is 17.7 Å². The van der Waals surface area contributed by atoms with Crippen molar-refractivity contribution in [1.82, 2.24) is 20.2 Å². The van der Waals surface area contributed by atoms with E-state index in [0.29, 0.717) is 11.1 Å². The summed E-state index contributed by atoms with van der Waals surface area (Å²) < 4.78 is 6.67. The Kier molecular flexibility index (Phi) is 4.59. The summed E-state index contributed by atoms with van der Waals surface area (Å²) in [6.45, 7) is -0.0655. The molecule has 4 rings (SSSR count). The smallest absolute Gasteiger partial charge is 0.321 e. The van der Waals surface area contributed by atoms with E-state index in [4.69, 9.17) is 4.42 Å². The highest BCUT2D eigenvalue weighted by atomic mass is 16.3. The summed E-state index contributed by atoms with van der Waals surface area (Å²) in [7, 11) is 0. The number of imide groups is 1. The Morgan fingerprint density at radius 1 is 1.04 bits per heavy atom. The number of aromatic nitrogens is 2. The molecule has 0 radical (unpaired) electrons. The van der Waals surface area contributed by atoms with Crippen LogP contribution in [0, 0.1) is 0 Å². The fraction of sp³-hybridized carbons (Fsp3) is 0.100. The Morgan fingerprint density at radius 3 is 2.61 bits per heavy atom. The van der Waals surface area contributed by atoms with Crippen molar-refractivity contribution in [2.24, 2.45) is 0 Å². The average molecular weight is 376 g/mol. The van der Waals surface area contributed by atoms with E-state index in [0.717, 1.165) is 15.5 Å². The van der Waals surface area contributed by atoms with E-state index in [1.54, 1.807) is 12.1 Å². The van der Waals surface area contributed by atoms with Gasteiger partial charge in [-0.15, -0.1) is 0 Å². The number of hydrogen-bond acceptors (Lipinski definition) is 5. The molecule has 0 saturated heterocycles. The number of hydrogen-bond donors (Lipinski definition) is 2. The van der Waals surface area contributed by atoms with Crippen LogP contribution in [0.3, 0.4) is 0 Å². The molecule has 0 aliphatic rings. The number of nitrogens with zero attached hydrogens (tertiary/aromatic N) is 2. The Balaban J connectivity index is 1.44. The van der Waals surface area contributed by atoms with Gasteiger partial charge in [-0.1, -0.05) is 42.5 Å². The van der Waals surface area contributed by atoms with Crippen LogP contribution in [0.15, 0.2) is 70.1 Å². The lowest BCUT2D eigenvalue weighted by Gasteiger charge is -2.08. The Hall–Kier alpha value is -3.94. The summed E-state index contributed by atoms with van der Waals surface area (Å²) in [5.41, 5.74) is 1.48. The SMILES string of the molecule is O=C(Cn1cnc2c(oc3ccccc32)c1=O)NC(=O)NCc1ccccc1. The summed E-state index contributed by atoms with van der Waals surface area (Å²) in [4.78, 5) is 40.8. The van der Waals surface area contributed by atoms with E-state index in [2.05, 4.69) is 15.6 Å². The largest absolute Gasteiger partial charge is 0.448 e. The molecule has 0 atom stereocenters. The highest BCUT2D eigenvalue weighted by Crippen LogP contribution is 2.23. The molecule has 0 saturated carbocycles. The first-order valence-corrected chi connectivity index (χ1v) is 8.60. The zero-order valence-electron chi connectivity index (χ0n) is 14.7. The van der Waals surface area contributed by atoms with Crippen LogP contribution < -0.4 is 16.2 Å². The molecule has 0 fully saturated rings. The van der Waals surface area contributed by atoms with Crippen LogP contribution in [0.5, 0.6) is 0 Å². The van der Waals surface area contributed by atoms with Gasteiger partial charge in [0.1, 0.15) is 17.6 Å². The summed E-state index contributed by atoms with van der Waals surface area (Å²) in [6.07, 6.45) is 1.27. The lowest BCUT2D eigenvalue weighted by atomic mass is 10.2. The number of carbonyl (C=O) groups is 2. The molecule has 28 heavy (non-hydrogen) atoms. The van der Waals surface area contributed by atoms with Crippen molar-refractivity contribution >= 4 is 34.0 Å². The fourth-order valence-corrected chi connectivity index (χ4v) is 2.87. The van der Waals surface area contributed by atoms with Crippen molar-refractivity contribution in [1.29, 1.82) is 0 Å². The molecule has 2 aromatic carbocycles. The van der Waals surface area contributed by atoms with Crippen molar-refractivity contribution in [3.63, 3.8) is 0 Å². The number of nitrogens with one attached hydrogen (secondary N) is 2. The summed E-state index contributed by atoms with van der Waals surface area (Å²) in [6, 6.07) is 15.8. The summed E-state index contributed by atoms with van der Waals surface area (Å²) >= 11 is 0. The second-order valence-electron chi connectivity index (χ2n) is 6.17. The van der Waals surface area contributed by atoms with Crippen molar-refractivity contribution in [2.75, 3.05) is 0 Å². The standard InChI is InChI=1S/C20H16N4O4/c25-16(23-20(27)21-10-13-6-2-1-3-7-13)11-24-12-22-17-14-8-4-5-9-15(14)28-18(17)19(24)26/h1-9,12H,10-11H2,(H2,21,23,25,27). The molecule has 0 bridgehead atoms. The van der Waals surface area contributed by atoms with Crippen LogP contribution in [-0.2, 0) is 17.9 Å². The third-order valence-corrected chi connectivity index (χ3v) is 4.21. The number of benzene rings is 2. The zero-order valence-corrected chi connectivity index (χ0v) is 14.7. The minimum absolute atomic E-state index is 0.0741. The lowest BCUT2D eigenvalue weighted by molar-refractivity contribution is -0.120. The summed E-state index contributed by atoms with van der Waals surface area (Å²) in [5.74, 6) is -0.634. The zero-order chi connectivity index (χ0) is 19.5. The first-order valence-electron chi connectivity index (χ1n) is 8.60. The maximum absolute atomic E-state index is 12.6. The maximum atomic E-state index is 12.6. The number of para-hydroxylation sites is 1. The van der Waals surface area contributed by atoms with E-state index in [9.17, 15) is 14.4 Å². The quantitative estimate of drug-likeness (QED) is 0.568. The van der Waals surface area contributed by atoms with Gasteiger partial charge in [0, 0.05) is 11.9 Å². The number of amides is 3. The van der Waals surface area contributed by atoms with Crippen molar-refractivity contribution < 1.29 is 14.0 Å². The van der Waals surface area contributed by atoms with Gasteiger partial charge >= 0.3 is 6.03 Å². The van der Waals surface area contributed by atoms with E-state index in [1.165, 1.54) is 6.33 Å². The average Bonchev–Trinajstić information content (AvgIpc) is 3.09. The second kappa shape index (κ2) is 7.36. The molecule has 0 aliphatic heterocycles. The molecule has 2 heterocycles. The van der Waals surface area contributed by atoms with E-state index < -0.39 is 17.5 Å². The van der Waals surface area contributed by atoms with Gasteiger partial charge in [0.2, 0.25) is 11.5 Å². The monoisotopic (exact) mass is 376 g/mol. The van der Waals surface area contributed by atoms with Crippen LogP contribution in [0.2, 0.25) is 0 Å². The predicted octanol–water partition coefficient (Wildman–Crippen LogP) is 2.17. The number of rotatable bonds is 4. The fourth-order valence-electron chi connectivity index (χ4n) is 2.87. The second-order valence-corrected chi connectivity index (χ2v) is 6.17. The van der Waals surface area contributed by atoms with Gasteiger partial charge in [0.05, 0.1) is 6.33 Å². The third kappa shape index (κ3) is 3.48. The molecular weight excluding hydrogens is 360 g/mol. The molecule has 0 unspecified atom stereocenters. The number of fused-ring (bicyclic) bond motifs is 3. The topological polar surface area (TPSA) is 106 Å². The maximum Gasteiger partial charge on any atom is 0.321 e. The molecular formula is C20H16N4O4. The number of urea groups is 1. The Bertz CT molecular complexity index is 1230.